The molecule has 1 N–H and O–H groups in total. The standard InChI is InChI=1S/C30H31ClFNO5/c1-16-26(30(35)38-19-7-4-5-8-19)29(27-20(31)9-6-10-21(27)32)28-22(33-16)13-18(14-23(28)34)17-11-12-24(36-2)25(15-17)37-3/h6,9-12,15,18-19,29,33H,4-5,7-8,13-14H2,1-3H3/t18-,29+/m0/s1. The van der Waals surface area contributed by atoms with Crippen LogP contribution < -0.4 is 14.8 Å². The lowest BCUT2D eigenvalue weighted by Gasteiger charge is -2.37. The van der Waals surface area contributed by atoms with Crippen molar-refractivity contribution < 1.29 is 28.2 Å². The van der Waals surface area contributed by atoms with Crippen LogP contribution in [0.25, 0.3) is 0 Å². The zero-order valence-corrected chi connectivity index (χ0v) is 22.5. The van der Waals surface area contributed by atoms with Gasteiger partial charge in [0.15, 0.2) is 17.3 Å². The van der Waals surface area contributed by atoms with E-state index >= 15 is 4.39 Å². The highest BCUT2D eigenvalue weighted by molar-refractivity contribution is 6.31. The highest BCUT2D eigenvalue weighted by Gasteiger charge is 2.43. The topological polar surface area (TPSA) is 73.9 Å². The van der Waals surface area contributed by atoms with Gasteiger partial charge in [-0.1, -0.05) is 23.7 Å². The van der Waals surface area contributed by atoms with Crippen LogP contribution in [0.1, 0.15) is 68.4 Å². The molecular formula is C30H31ClFNO5. The van der Waals surface area contributed by atoms with Gasteiger partial charge < -0.3 is 19.5 Å². The average molecular weight is 540 g/mol. The Morgan fingerprint density at radius 2 is 1.79 bits per heavy atom. The number of Topliss-reactive ketones (excluding diaryl/α,β-unsaturated/α-hetero) is 1. The number of allylic oxidation sites excluding steroid dienone is 3. The van der Waals surface area contributed by atoms with Gasteiger partial charge in [0.05, 0.1) is 25.7 Å². The molecule has 2 aromatic carbocycles. The van der Waals surface area contributed by atoms with E-state index in [0.717, 1.165) is 31.2 Å². The van der Waals surface area contributed by atoms with Gasteiger partial charge >= 0.3 is 5.97 Å². The summed E-state index contributed by atoms with van der Waals surface area (Å²) >= 11 is 6.52. The molecule has 2 atom stereocenters. The van der Waals surface area contributed by atoms with Crippen LogP contribution in [0.2, 0.25) is 5.02 Å². The van der Waals surface area contributed by atoms with Crippen LogP contribution in [0.4, 0.5) is 4.39 Å². The van der Waals surface area contributed by atoms with E-state index in [9.17, 15) is 9.59 Å². The molecule has 8 heteroatoms. The van der Waals surface area contributed by atoms with Gasteiger partial charge in [-0.2, -0.15) is 0 Å². The number of methoxy groups -OCH3 is 2. The van der Waals surface area contributed by atoms with Crippen LogP contribution in [0.5, 0.6) is 11.5 Å². The molecule has 0 aromatic heterocycles. The molecule has 200 valence electrons. The number of rotatable bonds is 6. The van der Waals surface area contributed by atoms with E-state index in [-0.39, 0.29) is 40.4 Å². The Kier molecular flexibility index (Phi) is 7.48. The summed E-state index contributed by atoms with van der Waals surface area (Å²) in [5, 5.41) is 3.47. The van der Waals surface area contributed by atoms with Crippen molar-refractivity contribution in [3.8, 4) is 11.5 Å². The van der Waals surface area contributed by atoms with Crippen molar-refractivity contribution in [2.75, 3.05) is 14.2 Å². The highest BCUT2D eigenvalue weighted by atomic mass is 35.5. The van der Waals surface area contributed by atoms with Crippen molar-refractivity contribution >= 4 is 23.4 Å². The number of dihydropyridines is 1. The Hall–Kier alpha value is -3.32. The third kappa shape index (κ3) is 4.80. The van der Waals surface area contributed by atoms with Crippen molar-refractivity contribution in [3.05, 3.63) is 80.9 Å². The second-order valence-corrected chi connectivity index (χ2v) is 10.5. The van der Waals surface area contributed by atoms with Gasteiger partial charge in [0.2, 0.25) is 0 Å². The number of halogens is 2. The molecule has 0 radical (unpaired) electrons. The van der Waals surface area contributed by atoms with Crippen LogP contribution in [-0.4, -0.2) is 32.1 Å². The van der Waals surface area contributed by atoms with Crippen molar-refractivity contribution in [2.45, 2.75) is 63.4 Å². The van der Waals surface area contributed by atoms with Gasteiger partial charge in [-0.15, -0.1) is 0 Å². The quantitative estimate of drug-likeness (QED) is 0.432. The molecule has 1 saturated carbocycles. The van der Waals surface area contributed by atoms with E-state index in [2.05, 4.69) is 5.32 Å². The van der Waals surface area contributed by atoms with Crippen LogP contribution in [-0.2, 0) is 14.3 Å². The number of hydrogen-bond donors (Lipinski definition) is 1. The molecule has 1 aliphatic heterocycles. The number of esters is 1. The van der Waals surface area contributed by atoms with Crippen molar-refractivity contribution in [2.24, 2.45) is 0 Å². The largest absolute Gasteiger partial charge is 0.493 e. The normalized spacial score (nSPS) is 21.8. The van der Waals surface area contributed by atoms with E-state index in [1.807, 2.05) is 18.2 Å². The van der Waals surface area contributed by atoms with Crippen LogP contribution in [0.15, 0.2) is 58.9 Å². The summed E-state index contributed by atoms with van der Waals surface area (Å²) in [6.07, 6.45) is 4.13. The molecule has 0 amide bonds. The molecule has 0 saturated heterocycles. The third-order valence-corrected chi connectivity index (χ3v) is 8.12. The molecule has 2 aliphatic carbocycles. The van der Waals surface area contributed by atoms with Gasteiger partial charge in [-0.3, -0.25) is 4.79 Å². The Morgan fingerprint density at radius 3 is 2.47 bits per heavy atom. The van der Waals surface area contributed by atoms with E-state index < -0.39 is 17.7 Å². The first-order valence-electron chi connectivity index (χ1n) is 12.9. The van der Waals surface area contributed by atoms with Gasteiger partial charge in [0, 0.05) is 34.0 Å². The van der Waals surface area contributed by atoms with Crippen molar-refractivity contribution in [3.63, 3.8) is 0 Å². The molecule has 1 fully saturated rings. The lowest BCUT2D eigenvalue weighted by molar-refractivity contribution is -0.144. The van der Waals surface area contributed by atoms with Gasteiger partial charge in [0.25, 0.3) is 0 Å². The number of ketones is 1. The maximum atomic E-state index is 15.3. The van der Waals surface area contributed by atoms with Crippen molar-refractivity contribution in [1.29, 1.82) is 0 Å². The molecule has 0 bridgehead atoms. The number of ether oxygens (including phenoxy) is 3. The maximum Gasteiger partial charge on any atom is 0.337 e. The van der Waals surface area contributed by atoms with Crippen molar-refractivity contribution in [1.82, 2.24) is 5.32 Å². The minimum absolute atomic E-state index is 0.124. The average Bonchev–Trinajstić information content (AvgIpc) is 3.40. The smallest absolute Gasteiger partial charge is 0.337 e. The molecule has 38 heavy (non-hydrogen) atoms. The molecular weight excluding hydrogens is 509 g/mol. The van der Waals surface area contributed by atoms with E-state index in [0.29, 0.717) is 34.9 Å². The van der Waals surface area contributed by atoms with Crippen LogP contribution >= 0.6 is 11.6 Å². The summed E-state index contributed by atoms with van der Waals surface area (Å²) in [7, 11) is 3.14. The first kappa shape index (κ1) is 26.3. The second kappa shape index (κ2) is 10.8. The number of hydrogen-bond acceptors (Lipinski definition) is 6. The molecule has 1 heterocycles. The summed E-state index contributed by atoms with van der Waals surface area (Å²) < 4.78 is 32.0. The second-order valence-electron chi connectivity index (χ2n) is 10.1. The molecule has 0 spiro atoms. The van der Waals surface area contributed by atoms with Gasteiger partial charge in [0.1, 0.15) is 11.9 Å². The number of benzene rings is 2. The maximum absolute atomic E-state index is 15.3. The fourth-order valence-electron chi connectivity index (χ4n) is 5.95. The number of carbonyl (C=O) groups is 2. The molecule has 2 aromatic rings. The van der Waals surface area contributed by atoms with E-state index in [1.165, 1.54) is 12.1 Å². The summed E-state index contributed by atoms with van der Waals surface area (Å²) in [5.74, 6) is -1.16. The predicted molar refractivity (Wildman–Crippen MR) is 142 cm³/mol. The van der Waals surface area contributed by atoms with Crippen LogP contribution in [0.3, 0.4) is 0 Å². The first-order chi connectivity index (χ1) is 18.3. The van der Waals surface area contributed by atoms with Gasteiger partial charge in [-0.05, 0) is 74.8 Å². The summed E-state index contributed by atoms with van der Waals surface area (Å²) in [6.45, 7) is 1.77. The Labute approximate surface area is 226 Å². The minimum Gasteiger partial charge on any atom is -0.493 e. The fourth-order valence-corrected chi connectivity index (χ4v) is 6.22. The molecule has 3 aliphatic rings. The molecule has 5 rings (SSSR count). The highest BCUT2D eigenvalue weighted by Crippen LogP contribution is 2.48. The summed E-state index contributed by atoms with van der Waals surface area (Å²) in [4.78, 5) is 27.3. The lowest BCUT2D eigenvalue weighted by atomic mass is 9.71. The van der Waals surface area contributed by atoms with Crippen LogP contribution in [0, 0.1) is 5.82 Å². The Morgan fingerprint density at radius 1 is 1.05 bits per heavy atom. The third-order valence-electron chi connectivity index (χ3n) is 7.79. The van der Waals surface area contributed by atoms with E-state index in [4.69, 9.17) is 25.8 Å². The summed E-state index contributed by atoms with van der Waals surface area (Å²) in [6, 6.07) is 10.0. The Balaban J connectivity index is 1.57. The predicted octanol–water partition coefficient (Wildman–Crippen LogP) is 6.34. The Bertz CT molecular complexity index is 1320. The van der Waals surface area contributed by atoms with E-state index in [1.54, 1.807) is 27.2 Å². The fraction of sp³-hybridized carbons (Fsp3) is 0.400. The minimum atomic E-state index is -0.951. The first-order valence-corrected chi connectivity index (χ1v) is 13.3. The molecule has 0 unspecified atom stereocenters. The van der Waals surface area contributed by atoms with Gasteiger partial charge in [-0.25, -0.2) is 9.18 Å². The number of carbonyl (C=O) groups excluding carboxylic acids is 2. The summed E-state index contributed by atoms with van der Waals surface area (Å²) in [5.41, 5.74) is 2.87. The lowest BCUT2D eigenvalue weighted by Crippen LogP contribution is -2.37. The zero-order chi connectivity index (χ0) is 27.0. The SMILES string of the molecule is COc1ccc([C@@H]2CC(=O)C3=C(C2)NC(C)=C(C(=O)OC2CCCC2)[C@@H]3c2c(F)cccc2Cl)cc1OC. The number of nitrogens with one attached hydrogen (secondary N) is 1. The zero-order valence-electron chi connectivity index (χ0n) is 21.7. The monoisotopic (exact) mass is 539 g/mol. The molecule has 6 nitrogen and oxygen atoms in total.